The van der Waals surface area contributed by atoms with Crippen LogP contribution in [0.5, 0.6) is 0 Å². The second-order valence-electron chi connectivity index (χ2n) is 7.71. The molecule has 2 heterocycles. The zero-order valence-electron chi connectivity index (χ0n) is 16.6. The fraction of sp³-hybridized carbons (Fsp3) is 0.364. The van der Waals surface area contributed by atoms with E-state index in [4.69, 9.17) is 0 Å². The largest absolute Gasteiger partial charge is 0.481 e. The molecule has 1 fully saturated rings. The van der Waals surface area contributed by atoms with Crippen molar-refractivity contribution in [2.75, 3.05) is 5.32 Å². The standard InChI is InChI=1S/C22H24N4O2S/c1-14-10-16(12-17(11-14)26-21-23-9-6-15(2)25-21)18-13-24-19(29-18)22(20(27)28)7-4-3-5-8-22/h6,9-13H,3-5,7-8H2,1-2H3,(H,27,28)(H,23,25,26). The zero-order valence-corrected chi connectivity index (χ0v) is 17.4. The summed E-state index contributed by atoms with van der Waals surface area (Å²) in [5, 5.41) is 13.9. The molecular formula is C22H24N4O2S. The van der Waals surface area contributed by atoms with Gasteiger partial charge in [0, 0.05) is 23.8 Å². The van der Waals surface area contributed by atoms with Gasteiger partial charge in [0.1, 0.15) is 10.4 Å². The van der Waals surface area contributed by atoms with Gasteiger partial charge in [0.05, 0.1) is 4.88 Å². The lowest BCUT2D eigenvalue weighted by molar-refractivity contribution is -0.145. The van der Waals surface area contributed by atoms with Crippen LogP contribution >= 0.6 is 11.3 Å². The Labute approximate surface area is 174 Å². The minimum Gasteiger partial charge on any atom is -0.481 e. The molecule has 1 aromatic carbocycles. The van der Waals surface area contributed by atoms with E-state index in [1.165, 1.54) is 11.3 Å². The molecule has 150 valence electrons. The molecule has 0 atom stereocenters. The van der Waals surface area contributed by atoms with Gasteiger partial charge in [-0.3, -0.25) is 4.79 Å². The summed E-state index contributed by atoms with van der Waals surface area (Å²) in [6.45, 7) is 3.96. The van der Waals surface area contributed by atoms with Crippen LogP contribution in [0.25, 0.3) is 10.4 Å². The van der Waals surface area contributed by atoms with Gasteiger partial charge in [0.15, 0.2) is 0 Å². The second kappa shape index (κ2) is 7.91. The number of nitrogens with one attached hydrogen (secondary N) is 1. The Bertz CT molecular complexity index is 1040. The van der Waals surface area contributed by atoms with Gasteiger partial charge in [-0.1, -0.05) is 25.3 Å². The summed E-state index contributed by atoms with van der Waals surface area (Å²) in [6, 6.07) is 8.02. The number of carboxylic acids is 1. The maximum atomic E-state index is 12.1. The smallest absolute Gasteiger partial charge is 0.316 e. The number of nitrogens with zero attached hydrogens (tertiary/aromatic N) is 3. The highest BCUT2D eigenvalue weighted by molar-refractivity contribution is 7.15. The molecule has 1 aliphatic carbocycles. The number of rotatable bonds is 5. The Kier molecular flexibility index (Phi) is 5.32. The fourth-order valence-corrected chi connectivity index (χ4v) is 5.08. The van der Waals surface area contributed by atoms with Crippen molar-refractivity contribution in [2.45, 2.75) is 51.4 Å². The molecule has 1 aliphatic rings. The first-order chi connectivity index (χ1) is 14.0. The molecule has 29 heavy (non-hydrogen) atoms. The van der Waals surface area contributed by atoms with Crippen molar-refractivity contribution in [3.63, 3.8) is 0 Å². The van der Waals surface area contributed by atoms with E-state index in [0.29, 0.717) is 18.8 Å². The summed E-state index contributed by atoms with van der Waals surface area (Å²) < 4.78 is 0. The van der Waals surface area contributed by atoms with Gasteiger partial charge in [0.2, 0.25) is 5.95 Å². The molecule has 0 spiro atoms. The van der Waals surface area contributed by atoms with E-state index in [2.05, 4.69) is 26.3 Å². The molecule has 4 rings (SSSR count). The lowest BCUT2D eigenvalue weighted by Crippen LogP contribution is -2.37. The average molecular weight is 409 g/mol. The van der Waals surface area contributed by atoms with Gasteiger partial charge in [0.25, 0.3) is 0 Å². The molecule has 0 amide bonds. The Balaban J connectivity index is 1.65. The SMILES string of the molecule is Cc1cc(Nc2nccc(C)n2)cc(-c2cnc(C3(C(=O)O)CCCCC3)s2)c1. The first kappa shape index (κ1) is 19.5. The van der Waals surface area contributed by atoms with Crippen LogP contribution in [0.15, 0.2) is 36.7 Å². The summed E-state index contributed by atoms with van der Waals surface area (Å²) >= 11 is 1.49. The van der Waals surface area contributed by atoms with Crippen LogP contribution in [-0.2, 0) is 10.2 Å². The maximum absolute atomic E-state index is 12.1. The summed E-state index contributed by atoms with van der Waals surface area (Å²) in [6.07, 6.45) is 7.85. The first-order valence-corrected chi connectivity index (χ1v) is 10.7. The topological polar surface area (TPSA) is 88.0 Å². The van der Waals surface area contributed by atoms with Crippen molar-refractivity contribution >= 4 is 28.9 Å². The number of thiazole rings is 1. The highest BCUT2D eigenvalue weighted by Gasteiger charge is 2.43. The zero-order chi connectivity index (χ0) is 20.4. The summed E-state index contributed by atoms with van der Waals surface area (Å²) in [4.78, 5) is 26.3. The van der Waals surface area contributed by atoms with Crippen molar-refractivity contribution in [3.05, 3.63) is 52.9 Å². The van der Waals surface area contributed by atoms with Gasteiger partial charge in [-0.15, -0.1) is 11.3 Å². The molecule has 0 saturated heterocycles. The number of anilines is 2. The minimum absolute atomic E-state index is 0.554. The van der Waals surface area contributed by atoms with Crippen molar-refractivity contribution in [1.29, 1.82) is 0 Å². The van der Waals surface area contributed by atoms with Crippen LogP contribution in [0, 0.1) is 13.8 Å². The van der Waals surface area contributed by atoms with Crippen LogP contribution in [0.4, 0.5) is 11.6 Å². The normalized spacial score (nSPS) is 15.8. The van der Waals surface area contributed by atoms with Crippen molar-refractivity contribution < 1.29 is 9.90 Å². The molecule has 0 aliphatic heterocycles. The number of aromatic nitrogens is 3. The van der Waals surface area contributed by atoms with Crippen LogP contribution in [0.3, 0.4) is 0 Å². The van der Waals surface area contributed by atoms with E-state index in [9.17, 15) is 9.90 Å². The quantitative estimate of drug-likeness (QED) is 0.600. The van der Waals surface area contributed by atoms with E-state index in [-0.39, 0.29) is 0 Å². The van der Waals surface area contributed by atoms with Crippen LogP contribution in [0.2, 0.25) is 0 Å². The van der Waals surface area contributed by atoms with Gasteiger partial charge < -0.3 is 10.4 Å². The number of carbonyl (C=O) groups is 1. The fourth-order valence-electron chi connectivity index (χ4n) is 3.94. The predicted molar refractivity (Wildman–Crippen MR) is 115 cm³/mol. The maximum Gasteiger partial charge on any atom is 0.316 e. The molecule has 6 nitrogen and oxygen atoms in total. The number of hydrogen-bond donors (Lipinski definition) is 2. The predicted octanol–water partition coefficient (Wildman–Crippen LogP) is 5.25. The molecule has 2 N–H and O–H groups in total. The summed E-state index contributed by atoms with van der Waals surface area (Å²) in [5.41, 5.74) is 3.07. The number of aliphatic carboxylic acids is 1. The van der Waals surface area contributed by atoms with Gasteiger partial charge >= 0.3 is 5.97 Å². The number of benzene rings is 1. The molecule has 2 aromatic heterocycles. The Morgan fingerprint density at radius 1 is 1.14 bits per heavy atom. The molecular weight excluding hydrogens is 384 g/mol. The molecule has 0 unspecified atom stereocenters. The highest BCUT2D eigenvalue weighted by atomic mass is 32.1. The van der Waals surface area contributed by atoms with Gasteiger partial charge in [-0.2, -0.15) is 0 Å². The summed E-state index contributed by atoms with van der Waals surface area (Å²) in [5.74, 6) is -0.195. The third-order valence-electron chi connectivity index (χ3n) is 5.44. The lowest BCUT2D eigenvalue weighted by Gasteiger charge is -2.31. The molecule has 1 saturated carbocycles. The third kappa shape index (κ3) is 4.00. The van der Waals surface area contributed by atoms with Crippen LogP contribution < -0.4 is 5.32 Å². The first-order valence-electron chi connectivity index (χ1n) is 9.85. The van der Waals surface area contributed by atoms with Crippen molar-refractivity contribution in [2.24, 2.45) is 0 Å². The minimum atomic E-state index is -0.832. The van der Waals surface area contributed by atoms with E-state index in [1.54, 1.807) is 12.4 Å². The van der Waals surface area contributed by atoms with E-state index in [0.717, 1.165) is 51.7 Å². The van der Waals surface area contributed by atoms with E-state index >= 15 is 0 Å². The number of aryl methyl sites for hydroxylation is 2. The van der Waals surface area contributed by atoms with E-state index in [1.807, 2.05) is 32.0 Å². The second-order valence-corrected chi connectivity index (χ2v) is 8.74. The number of hydrogen-bond acceptors (Lipinski definition) is 6. The Hall–Kier alpha value is -2.80. The molecule has 7 heteroatoms. The summed E-state index contributed by atoms with van der Waals surface area (Å²) in [7, 11) is 0. The van der Waals surface area contributed by atoms with Crippen LogP contribution in [-0.4, -0.2) is 26.0 Å². The van der Waals surface area contributed by atoms with Crippen molar-refractivity contribution in [1.82, 2.24) is 15.0 Å². The van der Waals surface area contributed by atoms with Crippen molar-refractivity contribution in [3.8, 4) is 10.4 Å². The number of carboxylic acid groups (broad SMARTS) is 1. The highest BCUT2D eigenvalue weighted by Crippen LogP contribution is 2.43. The van der Waals surface area contributed by atoms with Gasteiger partial charge in [-0.05, 0) is 56.0 Å². The molecule has 0 radical (unpaired) electrons. The Morgan fingerprint density at radius 2 is 1.93 bits per heavy atom. The monoisotopic (exact) mass is 408 g/mol. The molecule has 3 aromatic rings. The lowest BCUT2D eigenvalue weighted by atomic mass is 9.74. The molecule has 0 bridgehead atoms. The van der Waals surface area contributed by atoms with E-state index < -0.39 is 11.4 Å². The van der Waals surface area contributed by atoms with Gasteiger partial charge in [-0.25, -0.2) is 15.0 Å². The van der Waals surface area contributed by atoms with Crippen LogP contribution in [0.1, 0.15) is 48.4 Å². The third-order valence-corrected chi connectivity index (χ3v) is 6.69. The Morgan fingerprint density at radius 3 is 2.66 bits per heavy atom. The average Bonchev–Trinajstić information content (AvgIpc) is 3.19.